The maximum Gasteiger partial charge on any atom is 0.261 e. The molecule has 1 aromatic rings. The number of aromatic amines is 1. The van der Waals surface area contributed by atoms with E-state index in [0.29, 0.717) is 18.0 Å². The fraction of sp³-hybridized carbons (Fsp3) is 0.600. The first kappa shape index (κ1) is 14.8. The lowest BCUT2D eigenvalue weighted by Gasteiger charge is -2.18. The van der Waals surface area contributed by atoms with Gasteiger partial charge in [0.15, 0.2) is 0 Å². The van der Waals surface area contributed by atoms with Gasteiger partial charge in [-0.05, 0) is 50.2 Å². The number of hydrogen-bond donors (Lipinski definition) is 3. The van der Waals surface area contributed by atoms with Crippen molar-refractivity contribution in [2.24, 2.45) is 11.8 Å². The summed E-state index contributed by atoms with van der Waals surface area (Å²) in [4.78, 5) is 26.7. The second kappa shape index (κ2) is 6.22. The van der Waals surface area contributed by atoms with Crippen molar-refractivity contribution in [3.63, 3.8) is 0 Å². The van der Waals surface area contributed by atoms with Crippen LogP contribution < -0.4 is 10.9 Å². The predicted octanol–water partition coefficient (Wildman–Crippen LogP) is 1.13. The highest BCUT2D eigenvalue weighted by Crippen LogP contribution is 2.30. The van der Waals surface area contributed by atoms with E-state index in [1.807, 2.05) is 0 Å². The van der Waals surface area contributed by atoms with Crippen LogP contribution in [-0.2, 0) is 0 Å². The summed E-state index contributed by atoms with van der Waals surface area (Å²) in [5.41, 5.74) is 1.29. The van der Waals surface area contributed by atoms with Gasteiger partial charge in [-0.1, -0.05) is 6.42 Å². The van der Waals surface area contributed by atoms with Crippen LogP contribution in [0.1, 0.15) is 40.9 Å². The Morgan fingerprint density at radius 3 is 2.75 bits per heavy atom. The van der Waals surface area contributed by atoms with Gasteiger partial charge in [-0.25, -0.2) is 0 Å². The molecule has 0 aliphatic heterocycles. The number of hydrogen-bond acceptors (Lipinski definition) is 3. The van der Waals surface area contributed by atoms with Crippen LogP contribution in [0, 0.1) is 25.7 Å². The first-order chi connectivity index (χ1) is 9.52. The van der Waals surface area contributed by atoms with Gasteiger partial charge in [0, 0.05) is 18.8 Å². The summed E-state index contributed by atoms with van der Waals surface area (Å²) in [6, 6.07) is 1.79. The Balaban J connectivity index is 2.04. The molecule has 0 aromatic carbocycles. The van der Waals surface area contributed by atoms with E-state index in [9.17, 15) is 14.7 Å². The first-order valence-electron chi connectivity index (χ1n) is 7.12. The van der Waals surface area contributed by atoms with E-state index < -0.39 is 0 Å². The normalized spacial score (nSPS) is 21.9. The SMILES string of the molecule is Cc1cc(C)c(C(=O)NCC2CCCC2CO)c(=O)[nH]1. The van der Waals surface area contributed by atoms with Crippen molar-refractivity contribution in [1.29, 1.82) is 0 Å². The standard InChI is InChI=1S/C15H22N2O3/c1-9-6-10(2)17-15(20)13(9)14(19)16-7-11-4-3-5-12(11)8-18/h6,11-12,18H,3-5,7-8H2,1-2H3,(H,16,19)(H,17,20). The van der Waals surface area contributed by atoms with Gasteiger partial charge >= 0.3 is 0 Å². The van der Waals surface area contributed by atoms with E-state index in [1.54, 1.807) is 19.9 Å². The number of carbonyl (C=O) groups is 1. The molecule has 3 N–H and O–H groups in total. The van der Waals surface area contributed by atoms with Gasteiger partial charge in [-0.2, -0.15) is 0 Å². The number of aliphatic hydroxyl groups is 1. The highest BCUT2D eigenvalue weighted by molar-refractivity contribution is 5.95. The van der Waals surface area contributed by atoms with Crippen LogP contribution in [0.25, 0.3) is 0 Å². The summed E-state index contributed by atoms with van der Waals surface area (Å²) >= 11 is 0. The van der Waals surface area contributed by atoms with Gasteiger partial charge in [0.1, 0.15) is 5.56 Å². The second-order valence-electron chi connectivity index (χ2n) is 5.68. The molecule has 5 nitrogen and oxygen atoms in total. The molecular weight excluding hydrogens is 256 g/mol. The summed E-state index contributed by atoms with van der Waals surface area (Å²) < 4.78 is 0. The van der Waals surface area contributed by atoms with Gasteiger partial charge in [0.25, 0.3) is 11.5 Å². The van der Waals surface area contributed by atoms with Crippen LogP contribution in [0.15, 0.2) is 10.9 Å². The van der Waals surface area contributed by atoms with E-state index in [4.69, 9.17) is 0 Å². The molecule has 1 heterocycles. The Hall–Kier alpha value is -1.62. The summed E-state index contributed by atoms with van der Waals surface area (Å²) in [6.45, 7) is 4.26. The molecule has 2 atom stereocenters. The molecule has 0 saturated heterocycles. The molecule has 110 valence electrons. The van der Waals surface area contributed by atoms with E-state index in [0.717, 1.165) is 25.0 Å². The lowest BCUT2D eigenvalue weighted by Crippen LogP contribution is -2.35. The third kappa shape index (κ3) is 3.10. The third-order valence-corrected chi connectivity index (χ3v) is 4.17. The number of aromatic nitrogens is 1. The number of amides is 1. The largest absolute Gasteiger partial charge is 0.396 e. The van der Waals surface area contributed by atoms with Crippen molar-refractivity contribution in [3.8, 4) is 0 Å². The number of pyridine rings is 1. The summed E-state index contributed by atoms with van der Waals surface area (Å²) in [7, 11) is 0. The first-order valence-corrected chi connectivity index (χ1v) is 7.12. The summed E-state index contributed by atoms with van der Waals surface area (Å²) in [6.07, 6.45) is 3.13. The molecule has 5 heteroatoms. The molecule has 1 amide bonds. The number of nitrogens with one attached hydrogen (secondary N) is 2. The molecule has 0 radical (unpaired) electrons. The van der Waals surface area contributed by atoms with Crippen LogP contribution in [-0.4, -0.2) is 29.1 Å². The highest BCUT2D eigenvalue weighted by Gasteiger charge is 2.27. The van der Waals surface area contributed by atoms with E-state index >= 15 is 0 Å². The number of H-pyrrole nitrogens is 1. The lowest BCUT2D eigenvalue weighted by molar-refractivity contribution is 0.0935. The van der Waals surface area contributed by atoms with Crippen molar-refractivity contribution in [2.45, 2.75) is 33.1 Å². The van der Waals surface area contributed by atoms with Crippen molar-refractivity contribution < 1.29 is 9.90 Å². The number of carbonyl (C=O) groups excluding carboxylic acids is 1. The smallest absolute Gasteiger partial charge is 0.261 e. The fourth-order valence-corrected chi connectivity index (χ4v) is 3.07. The molecule has 0 bridgehead atoms. The molecule has 1 aliphatic carbocycles. The topological polar surface area (TPSA) is 82.2 Å². The van der Waals surface area contributed by atoms with Crippen molar-refractivity contribution in [3.05, 3.63) is 33.2 Å². The molecule has 2 unspecified atom stereocenters. The van der Waals surface area contributed by atoms with E-state index in [2.05, 4.69) is 10.3 Å². The van der Waals surface area contributed by atoms with E-state index in [1.165, 1.54) is 0 Å². The molecule has 2 rings (SSSR count). The summed E-state index contributed by atoms with van der Waals surface area (Å²) in [5.74, 6) is 0.258. The second-order valence-corrected chi connectivity index (χ2v) is 5.68. The van der Waals surface area contributed by atoms with Crippen LogP contribution in [0.5, 0.6) is 0 Å². The molecule has 20 heavy (non-hydrogen) atoms. The minimum Gasteiger partial charge on any atom is -0.396 e. The Bertz CT molecular complexity index is 551. The van der Waals surface area contributed by atoms with Gasteiger partial charge < -0.3 is 15.4 Å². The quantitative estimate of drug-likeness (QED) is 0.772. The molecule has 1 aliphatic rings. The van der Waals surface area contributed by atoms with Gasteiger partial charge in [0.05, 0.1) is 0 Å². The number of aryl methyl sites for hydroxylation is 2. The Kier molecular flexibility index (Phi) is 4.60. The highest BCUT2D eigenvalue weighted by atomic mass is 16.3. The zero-order valence-corrected chi connectivity index (χ0v) is 12.0. The lowest BCUT2D eigenvalue weighted by atomic mass is 9.97. The third-order valence-electron chi connectivity index (χ3n) is 4.17. The van der Waals surface area contributed by atoms with Crippen LogP contribution in [0.2, 0.25) is 0 Å². The average molecular weight is 278 g/mol. The van der Waals surface area contributed by atoms with E-state index in [-0.39, 0.29) is 29.6 Å². The van der Waals surface area contributed by atoms with Gasteiger partial charge in [-0.15, -0.1) is 0 Å². The minimum atomic E-state index is -0.342. The van der Waals surface area contributed by atoms with Crippen molar-refractivity contribution in [2.75, 3.05) is 13.2 Å². The number of aliphatic hydroxyl groups excluding tert-OH is 1. The maximum absolute atomic E-state index is 12.2. The molecular formula is C15H22N2O3. The van der Waals surface area contributed by atoms with Crippen molar-refractivity contribution >= 4 is 5.91 Å². The fourth-order valence-electron chi connectivity index (χ4n) is 3.07. The van der Waals surface area contributed by atoms with Crippen LogP contribution >= 0.6 is 0 Å². The van der Waals surface area contributed by atoms with Crippen molar-refractivity contribution in [1.82, 2.24) is 10.3 Å². The minimum absolute atomic E-state index is 0.171. The molecule has 1 fully saturated rings. The molecule has 0 spiro atoms. The molecule has 1 aromatic heterocycles. The van der Waals surface area contributed by atoms with Crippen LogP contribution in [0.4, 0.5) is 0 Å². The zero-order chi connectivity index (χ0) is 14.7. The Morgan fingerprint density at radius 2 is 2.10 bits per heavy atom. The average Bonchev–Trinajstić information content (AvgIpc) is 2.82. The van der Waals surface area contributed by atoms with Crippen LogP contribution in [0.3, 0.4) is 0 Å². The summed E-state index contributed by atoms with van der Waals surface area (Å²) in [5, 5.41) is 12.1. The molecule has 1 saturated carbocycles. The predicted molar refractivity (Wildman–Crippen MR) is 76.8 cm³/mol. The monoisotopic (exact) mass is 278 g/mol. The number of rotatable bonds is 4. The van der Waals surface area contributed by atoms with Gasteiger partial charge in [-0.3, -0.25) is 9.59 Å². The Morgan fingerprint density at radius 1 is 1.40 bits per heavy atom. The maximum atomic E-state index is 12.2. The zero-order valence-electron chi connectivity index (χ0n) is 12.0. The van der Waals surface area contributed by atoms with Gasteiger partial charge in [0.2, 0.25) is 0 Å². The Labute approximate surface area is 118 Å².